The van der Waals surface area contributed by atoms with Crippen molar-refractivity contribution < 1.29 is 38.3 Å². The lowest BCUT2D eigenvalue weighted by Gasteiger charge is -2.38. The number of carbonyl (C=O) groups excluding carboxylic acids is 1. The molecule has 0 fully saturated rings. The van der Waals surface area contributed by atoms with Crippen molar-refractivity contribution in [1.29, 1.82) is 0 Å². The monoisotopic (exact) mass is 724 g/mol. The highest BCUT2D eigenvalue weighted by Crippen LogP contribution is 2.42. The van der Waals surface area contributed by atoms with E-state index in [-0.39, 0.29) is 30.1 Å². The van der Waals surface area contributed by atoms with Crippen molar-refractivity contribution in [3.63, 3.8) is 0 Å². The first-order valence-corrected chi connectivity index (χ1v) is 18.2. The minimum absolute atomic E-state index is 0.0203. The zero-order valence-electron chi connectivity index (χ0n) is 32.6. The van der Waals surface area contributed by atoms with Crippen LogP contribution >= 0.6 is 0 Å². The zero-order valence-corrected chi connectivity index (χ0v) is 32.6. The Morgan fingerprint density at radius 3 is 1.92 bits per heavy atom. The molecule has 6 atom stereocenters. The van der Waals surface area contributed by atoms with E-state index in [1.807, 2.05) is 138 Å². The summed E-state index contributed by atoms with van der Waals surface area (Å²) >= 11 is 0. The molecule has 0 aliphatic carbocycles. The van der Waals surface area contributed by atoms with Crippen LogP contribution in [0.3, 0.4) is 0 Å². The van der Waals surface area contributed by atoms with Crippen LogP contribution in [-0.4, -0.2) is 64.4 Å². The second kappa shape index (κ2) is 19.4. The molecule has 3 aromatic rings. The number of ether oxygens (including phenoxy) is 6. The number of allylic oxidation sites excluding steroid dienone is 5. The van der Waals surface area contributed by atoms with Crippen molar-refractivity contribution in [3.8, 4) is 11.5 Å². The van der Waals surface area contributed by atoms with Crippen molar-refractivity contribution in [3.05, 3.63) is 143 Å². The normalized spacial score (nSPS) is 26.0. The van der Waals surface area contributed by atoms with Gasteiger partial charge in [0.15, 0.2) is 0 Å². The molecular formula is C45H56O8. The first-order valence-electron chi connectivity index (χ1n) is 18.2. The third-order valence-electron chi connectivity index (χ3n) is 9.89. The molecule has 8 nitrogen and oxygen atoms in total. The van der Waals surface area contributed by atoms with Gasteiger partial charge in [-0.25, -0.2) is 4.79 Å². The minimum atomic E-state index is -1.06. The predicted molar refractivity (Wildman–Crippen MR) is 209 cm³/mol. The molecule has 53 heavy (non-hydrogen) atoms. The van der Waals surface area contributed by atoms with Gasteiger partial charge in [0.05, 0.1) is 34.0 Å². The van der Waals surface area contributed by atoms with Gasteiger partial charge in [0.2, 0.25) is 5.76 Å². The van der Waals surface area contributed by atoms with Crippen molar-refractivity contribution in [2.24, 2.45) is 17.8 Å². The van der Waals surface area contributed by atoms with Crippen molar-refractivity contribution in [1.82, 2.24) is 0 Å². The zero-order chi connectivity index (χ0) is 38.5. The van der Waals surface area contributed by atoms with E-state index in [1.54, 1.807) is 27.4 Å². The molecule has 1 heterocycles. The lowest BCUT2D eigenvalue weighted by Crippen LogP contribution is -2.42. The second-order valence-electron chi connectivity index (χ2n) is 13.9. The SMILES string of the molecule is CO/C1=C\C(C)=C\[C@@H](C)[C@@H](O)[C@@H](C)C/C(C)=C/C=C/[C@H](OC)[C@@H]([C@@H](C)COC(c2ccccc2)(c2ccc(OC)cc2)c2ccc(OC)cc2)OC1=O. The van der Waals surface area contributed by atoms with Gasteiger partial charge in [-0.15, -0.1) is 0 Å². The number of esters is 1. The molecule has 4 rings (SSSR count). The minimum Gasteiger partial charge on any atom is -0.497 e. The van der Waals surface area contributed by atoms with Gasteiger partial charge in [-0.2, -0.15) is 0 Å². The molecule has 1 aliphatic rings. The highest BCUT2D eigenvalue weighted by molar-refractivity contribution is 5.87. The summed E-state index contributed by atoms with van der Waals surface area (Å²) in [5, 5.41) is 11.0. The molecule has 1 N–H and O–H groups in total. The van der Waals surface area contributed by atoms with E-state index in [0.29, 0.717) is 0 Å². The molecule has 0 unspecified atom stereocenters. The number of aliphatic hydroxyl groups is 1. The Balaban J connectivity index is 1.81. The summed E-state index contributed by atoms with van der Waals surface area (Å²) in [5.74, 6) is 0.367. The first kappa shape index (κ1) is 41.1. The average Bonchev–Trinajstić information content (AvgIpc) is 3.18. The third kappa shape index (κ3) is 10.3. The van der Waals surface area contributed by atoms with Crippen LogP contribution in [0.15, 0.2) is 126 Å². The molecule has 8 heteroatoms. The van der Waals surface area contributed by atoms with Crippen molar-refractivity contribution in [2.45, 2.75) is 65.0 Å². The summed E-state index contributed by atoms with van der Waals surface area (Å²) in [6.45, 7) is 10.1. The highest BCUT2D eigenvalue weighted by atomic mass is 16.6. The summed E-state index contributed by atoms with van der Waals surface area (Å²) in [7, 11) is 6.33. The fraction of sp³-hybridized carbons (Fsp3) is 0.400. The Labute approximate surface area is 315 Å². The number of carbonyl (C=O) groups is 1. The highest BCUT2D eigenvalue weighted by Gasteiger charge is 2.40. The fourth-order valence-electron chi connectivity index (χ4n) is 6.95. The summed E-state index contributed by atoms with van der Waals surface area (Å²) in [4.78, 5) is 13.8. The van der Waals surface area contributed by atoms with Gasteiger partial charge in [0.1, 0.15) is 29.3 Å². The number of benzene rings is 3. The number of methoxy groups -OCH3 is 4. The van der Waals surface area contributed by atoms with Crippen LogP contribution in [0, 0.1) is 17.8 Å². The van der Waals surface area contributed by atoms with Crippen LogP contribution < -0.4 is 9.47 Å². The van der Waals surface area contributed by atoms with Crippen LogP contribution in [-0.2, 0) is 29.3 Å². The molecule has 0 aromatic heterocycles. The smallest absolute Gasteiger partial charge is 0.373 e. The van der Waals surface area contributed by atoms with E-state index < -0.39 is 29.9 Å². The molecular weight excluding hydrogens is 668 g/mol. The maximum atomic E-state index is 13.8. The lowest BCUT2D eigenvalue weighted by atomic mass is 9.79. The largest absolute Gasteiger partial charge is 0.497 e. The Morgan fingerprint density at radius 2 is 1.40 bits per heavy atom. The molecule has 1 aliphatic heterocycles. The van der Waals surface area contributed by atoms with Crippen LogP contribution in [0.2, 0.25) is 0 Å². The van der Waals surface area contributed by atoms with E-state index in [1.165, 1.54) is 7.11 Å². The number of hydrogen-bond acceptors (Lipinski definition) is 8. The van der Waals surface area contributed by atoms with Crippen LogP contribution in [0.25, 0.3) is 0 Å². The van der Waals surface area contributed by atoms with Gasteiger partial charge < -0.3 is 33.5 Å². The summed E-state index contributed by atoms with van der Waals surface area (Å²) in [6, 6.07) is 25.8. The van der Waals surface area contributed by atoms with E-state index in [4.69, 9.17) is 28.4 Å². The van der Waals surface area contributed by atoms with Gasteiger partial charge in [0, 0.05) is 18.9 Å². The number of aliphatic hydroxyl groups excluding tert-OH is 1. The molecule has 0 bridgehead atoms. The van der Waals surface area contributed by atoms with Crippen molar-refractivity contribution >= 4 is 5.97 Å². The second-order valence-corrected chi connectivity index (χ2v) is 13.9. The predicted octanol–water partition coefficient (Wildman–Crippen LogP) is 8.59. The molecule has 0 spiro atoms. The Bertz CT molecular complexity index is 1670. The lowest BCUT2D eigenvalue weighted by molar-refractivity contribution is -0.160. The average molecular weight is 725 g/mol. The molecule has 0 saturated heterocycles. The van der Waals surface area contributed by atoms with Gasteiger partial charge in [-0.3, -0.25) is 0 Å². The summed E-state index contributed by atoms with van der Waals surface area (Å²) in [6.07, 6.45) is 8.20. The Kier molecular flexibility index (Phi) is 15.1. The third-order valence-corrected chi connectivity index (χ3v) is 9.89. The van der Waals surface area contributed by atoms with Gasteiger partial charge >= 0.3 is 5.97 Å². The van der Waals surface area contributed by atoms with Crippen LogP contribution in [0.5, 0.6) is 11.5 Å². The number of cyclic esters (lactones) is 1. The van der Waals surface area contributed by atoms with E-state index in [9.17, 15) is 9.90 Å². The first-order chi connectivity index (χ1) is 25.5. The van der Waals surface area contributed by atoms with Crippen LogP contribution in [0.4, 0.5) is 0 Å². The molecule has 3 aromatic carbocycles. The topological polar surface area (TPSA) is 92.7 Å². The molecule has 0 amide bonds. The molecule has 0 radical (unpaired) electrons. The van der Waals surface area contributed by atoms with Crippen LogP contribution in [0.1, 0.15) is 57.7 Å². The Morgan fingerprint density at radius 1 is 0.830 bits per heavy atom. The van der Waals surface area contributed by atoms with E-state index in [2.05, 4.69) is 0 Å². The van der Waals surface area contributed by atoms with Gasteiger partial charge in [0.25, 0.3) is 0 Å². The van der Waals surface area contributed by atoms with E-state index >= 15 is 0 Å². The van der Waals surface area contributed by atoms with Gasteiger partial charge in [-0.1, -0.05) is 111 Å². The summed E-state index contributed by atoms with van der Waals surface area (Å²) < 4.78 is 36.1. The summed E-state index contributed by atoms with van der Waals surface area (Å²) in [5.41, 5.74) is 3.52. The maximum absolute atomic E-state index is 13.8. The Hall–Kier alpha value is -4.63. The number of hydrogen-bond donors (Lipinski definition) is 1. The van der Waals surface area contributed by atoms with Gasteiger partial charge in [-0.05, 0) is 73.2 Å². The standard InChI is InChI=1S/C45H56O8/c1-30-14-13-17-40(50-8)43(53-44(47)41(51-9)28-31(2)27-33(4)42(46)32(3)26-30)34(5)29-52-45(35-15-11-10-12-16-35,36-18-22-38(48-6)23-19-36)37-20-24-39(49-7)25-21-37/h10-25,27-28,32-34,40,42-43,46H,26,29H2,1-9H3/b17-13+,30-14+,31-27+,41-28-/t32-,33+,34-,40-,42-,43+/m0/s1. The molecule has 284 valence electrons. The number of rotatable bonds is 11. The fourth-order valence-corrected chi connectivity index (χ4v) is 6.95. The molecule has 0 saturated carbocycles. The quantitative estimate of drug-likeness (QED) is 0.155. The van der Waals surface area contributed by atoms with E-state index in [0.717, 1.165) is 45.8 Å². The van der Waals surface area contributed by atoms with Crippen molar-refractivity contribution in [2.75, 3.05) is 35.0 Å². The maximum Gasteiger partial charge on any atom is 0.373 e.